The topological polar surface area (TPSA) is 105 Å². The van der Waals surface area contributed by atoms with Gasteiger partial charge in [0, 0.05) is 37.8 Å². The molecule has 3 aliphatic rings. The highest BCUT2D eigenvalue weighted by Gasteiger charge is 2.51. The van der Waals surface area contributed by atoms with E-state index in [-0.39, 0.29) is 29.9 Å². The molecule has 3 aromatic rings. The SMILES string of the molecule is C[C@@H]1C[C@H](CO)CN(c2ncc(Cl)c(Nc3ccc4c(c3)c3c(c(=O)n4C)OCC(F)(F)C(C4CC4)N3)n2)C1. The number of aromatic nitrogens is 3. The molecule has 6 rings (SSSR count). The Morgan fingerprint density at radius 2 is 2.10 bits per heavy atom. The van der Waals surface area contributed by atoms with Crippen LogP contribution in [0.1, 0.15) is 26.2 Å². The van der Waals surface area contributed by atoms with Gasteiger partial charge < -0.3 is 29.9 Å². The summed E-state index contributed by atoms with van der Waals surface area (Å²) in [6.45, 7) is 2.81. The van der Waals surface area contributed by atoms with Crippen LogP contribution in [0.4, 0.5) is 31.9 Å². The van der Waals surface area contributed by atoms with Gasteiger partial charge in [0.15, 0.2) is 12.4 Å². The maximum Gasteiger partial charge on any atom is 0.301 e. The van der Waals surface area contributed by atoms with Gasteiger partial charge in [0.25, 0.3) is 5.56 Å². The van der Waals surface area contributed by atoms with E-state index in [0.717, 1.165) is 13.0 Å². The first-order chi connectivity index (χ1) is 18.6. The van der Waals surface area contributed by atoms with E-state index in [1.54, 1.807) is 25.2 Å². The number of fused-ring (bicyclic) bond motifs is 3. The van der Waals surface area contributed by atoms with E-state index in [0.29, 0.717) is 58.7 Å². The number of aryl methyl sites for hydroxylation is 1. The summed E-state index contributed by atoms with van der Waals surface area (Å²) in [5, 5.41) is 16.8. The van der Waals surface area contributed by atoms with Crippen molar-refractivity contribution < 1.29 is 18.6 Å². The van der Waals surface area contributed by atoms with Crippen LogP contribution < -0.4 is 25.8 Å². The number of alkyl halides is 2. The number of benzene rings is 1. The lowest BCUT2D eigenvalue weighted by atomic mass is 9.91. The van der Waals surface area contributed by atoms with Gasteiger partial charge in [0.1, 0.15) is 5.02 Å². The first-order valence-corrected chi connectivity index (χ1v) is 13.6. The second-order valence-corrected chi connectivity index (χ2v) is 11.5. The minimum Gasteiger partial charge on any atom is -0.480 e. The van der Waals surface area contributed by atoms with Crippen LogP contribution in [-0.2, 0) is 7.05 Å². The molecule has 1 unspecified atom stereocenters. The molecule has 208 valence electrons. The molecule has 9 nitrogen and oxygen atoms in total. The van der Waals surface area contributed by atoms with Crippen molar-refractivity contribution in [3.63, 3.8) is 0 Å². The Morgan fingerprint density at radius 3 is 2.85 bits per heavy atom. The first kappa shape index (κ1) is 26.1. The largest absolute Gasteiger partial charge is 0.480 e. The Bertz CT molecular complexity index is 1480. The molecule has 3 N–H and O–H groups in total. The molecular weight excluding hydrogens is 530 g/mol. The van der Waals surface area contributed by atoms with E-state index < -0.39 is 24.1 Å². The van der Waals surface area contributed by atoms with Crippen molar-refractivity contribution >= 4 is 45.6 Å². The summed E-state index contributed by atoms with van der Waals surface area (Å²) in [4.78, 5) is 24.2. The molecule has 1 aromatic carbocycles. The second kappa shape index (κ2) is 9.78. The summed E-state index contributed by atoms with van der Waals surface area (Å²) in [6.07, 6.45) is 3.90. The van der Waals surface area contributed by atoms with E-state index in [9.17, 15) is 18.7 Å². The Balaban J connectivity index is 1.37. The number of aliphatic hydroxyl groups is 1. The van der Waals surface area contributed by atoms with Crippen LogP contribution >= 0.6 is 11.6 Å². The van der Waals surface area contributed by atoms with Crippen LogP contribution in [0.25, 0.3) is 10.9 Å². The molecule has 2 fully saturated rings. The number of ether oxygens (including phenoxy) is 1. The molecule has 1 saturated heterocycles. The van der Waals surface area contributed by atoms with E-state index in [4.69, 9.17) is 16.3 Å². The minimum absolute atomic E-state index is 0.106. The number of pyridine rings is 1. The summed E-state index contributed by atoms with van der Waals surface area (Å²) < 4.78 is 36.7. The Kier molecular flexibility index (Phi) is 6.53. The number of rotatable bonds is 5. The van der Waals surface area contributed by atoms with Crippen LogP contribution in [-0.4, -0.2) is 57.9 Å². The molecule has 3 atom stereocenters. The van der Waals surface area contributed by atoms with Crippen LogP contribution in [0.2, 0.25) is 5.02 Å². The average Bonchev–Trinajstić information content (AvgIpc) is 3.75. The van der Waals surface area contributed by atoms with Gasteiger partial charge in [0.05, 0.1) is 23.4 Å². The Hall–Kier alpha value is -3.18. The predicted molar refractivity (Wildman–Crippen MR) is 147 cm³/mol. The van der Waals surface area contributed by atoms with Gasteiger partial charge in [-0.2, -0.15) is 4.98 Å². The van der Waals surface area contributed by atoms with Crippen molar-refractivity contribution in [3.8, 4) is 5.75 Å². The number of aliphatic hydroxyl groups excluding tert-OH is 1. The fourth-order valence-electron chi connectivity index (χ4n) is 5.80. The second-order valence-electron chi connectivity index (χ2n) is 11.1. The highest BCUT2D eigenvalue weighted by molar-refractivity contribution is 6.32. The van der Waals surface area contributed by atoms with Gasteiger partial charge in [0.2, 0.25) is 11.7 Å². The van der Waals surface area contributed by atoms with E-state index in [1.807, 2.05) is 4.90 Å². The molecule has 0 spiro atoms. The van der Waals surface area contributed by atoms with Gasteiger partial charge in [-0.25, -0.2) is 13.8 Å². The Morgan fingerprint density at radius 1 is 1.31 bits per heavy atom. The Labute approximate surface area is 229 Å². The van der Waals surface area contributed by atoms with Crippen LogP contribution in [0.5, 0.6) is 5.75 Å². The highest BCUT2D eigenvalue weighted by atomic mass is 35.5. The molecule has 39 heavy (non-hydrogen) atoms. The molecular formula is C27H31ClF2N6O3. The fraction of sp³-hybridized carbons (Fsp3) is 0.519. The standard InChI is InChI=1S/C27H31ClF2N6O3/c1-14-7-15(12-37)11-36(10-14)26-31-9-19(28)24(34-26)32-17-5-6-20-18(8-17)21-22(25(38)35(20)2)39-13-27(29,30)23(33-21)16-3-4-16/h5-6,8-9,14-16,23,33,37H,3-4,7,10-13H2,1-2H3,(H,31,32,34)/t14-,15+,23?/m1/s1. The molecule has 0 bridgehead atoms. The maximum atomic E-state index is 14.9. The smallest absolute Gasteiger partial charge is 0.301 e. The van der Waals surface area contributed by atoms with Crippen molar-refractivity contribution in [2.75, 3.05) is 41.8 Å². The molecule has 0 amide bonds. The van der Waals surface area contributed by atoms with Crippen LogP contribution in [0, 0.1) is 17.8 Å². The fourth-order valence-corrected chi connectivity index (χ4v) is 5.94. The number of hydrogen-bond acceptors (Lipinski definition) is 8. The van der Waals surface area contributed by atoms with Crippen LogP contribution in [0.15, 0.2) is 29.2 Å². The van der Waals surface area contributed by atoms with Gasteiger partial charge in [-0.15, -0.1) is 0 Å². The normalized spacial score (nSPS) is 24.5. The third kappa shape index (κ3) is 4.86. The van der Waals surface area contributed by atoms with Crippen molar-refractivity contribution in [1.29, 1.82) is 0 Å². The molecule has 2 aromatic heterocycles. The van der Waals surface area contributed by atoms with Crippen molar-refractivity contribution in [2.45, 2.75) is 38.2 Å². The summed E-state index contributed by atoms with van der Waals surface area (Å²) in [7, 11) is 1.59. The number of nitrogens with zero attached hydrogens (tertiary/aromatic N) is 4. The maximum absolute atomic E-state index is 14.9. The quantitative estimate of drug-likeness (QED) is 0.422. The summed E-state index contributed by atoms with van der Waals surface area (Å²) in [6, 6.07) is 4.20. The van der Waals surface area contributed by atoms with Gasteiger partial charge in [-0.05, 0) is 55.2 Å². The number of piperidine rings is 1. The number of nitrogens with one attached hydrogen (secondary N) is 2. The number of halogens is 3. The lowest BCUT2D eigenvalue weighted by Crippen LogP contribution is -2.44. The number of hydrogen-bond donors (Lipinski definition) is 3. The zero-order valence-electron chi connectivity index (χ0n) is 21.8. The minimum atomic E-state index is -3.11. The van der Waals surface area contributed by atoms with Gasteiger partial charge in [-0.3, -0.25) is 4.79 Å². The number of anilines is 4. The monoisotopic (exact) mass is 560 g/mol. The van der Waals surface area contributed by atoms with Crippen LogP contribution in [0.3, 0.4) is 0 Å². The molecule has 12 heteroatoms. The molecule has 4 heterocycles. The summed E-state index contributed by atoms with van der Waals surface area (Å²) in [5.41, 5.74) is 0.985. The lowest BCUT2D eigenvalue weighted by molar-refractivity contribution is -0.0579. The summed E-state index contributed by atoms with van der Waals surface area (Å²) in [5.74, 6) is -1.96. The third-order valence-electron chi connectivity index (χ3n) is 7.89. The molecule has 1 saturated carbocycles. The van der Waals surface area contributed by atoms with Crippen molar-refractivity contribution in [1.82, 2.24) is 14.5 Å². The molecule has 0 radical (unpaired) electrons. The van der Waals surface area contributed by atoms with Crippen molar-refractivity contribution in [3.05, 3.63) is 39.8 Å². The molecule has 2 aliphatic heterocycles. The van der Waals surface area contributed by atoms with Gasteiger partial charge >= 0.3 is 5.92 Å². The van der Waals surface area contributed by atoms with E-state index in [1.165, 1.54) is 10.8 Å². The third-order valence-corrected chi connectivity index (χ3v) is 8.17. The first-order valence-electron chi connectivity index (χ1n) is 13.2. The zero-order valence-corrected chi connectivity index (χ0v) is 22.5. The highest BCUT2D eigenvalue weighted by Crippen LogP contribution is 2.45. The zero-order chi connectivity index (χ0) is 27.5. The van der Waals surface area contributed by atoms with E-state index in [2.05, 4.69) is 27.5 Å². The van der Waals surface area contributed by atoms with E-state index >= 15 is 0 Å². The van der Waals surface area contributed by atoms with Gasteiger partial charge in [-0.1, -0.05) is 18.5 Å². The van der Waals surface area contributed by atoms with Crippen molar-refractivity contribution in [2.24, 2.45) is 24.8 Å². The predicted octanol–water partition coefficient (Wildman–Crippen LogP) is 4.40. The lowest BCUT2D eigenvalue weighted by Gasteiger charge is -2.35. The summed E-state index contributed by atoms with van der Waals surface area (Å²) >= 11 is 6.46. The average molecular weight is 561 g/mol. The molecule has 1 aliphatic carbocycles.